The van der Waals surface area contributed by atoms with Crippen LogP contribution in [0.4, 0.5) is 0 Å². The smallest absolute Gasteiger partial charge is 0.287 e. The van der Waals surface area contributed by atoms with E-state index >= 15 is 0 Å². The standard InChI is InChI=1S/C21H18BrNO5S/c22-15-6-7-19-17(12-15)18(9-11-27-19)23-21(24)20-14(8-10-28-20)13-29(25,26)16-4-2-1-3-5-16/h1-8,10,12,18H,9,11,13H2,(H,23,24). The number of halogens is 1. The van der Waals surface area contributed by atoms with Gasteiger partial charge >= 0.3 is 0 Å². The maximum absolute atomic E-state index is 12.9. The molecule has 1 aliphatic rings. The highest BCUT2D eigenvalue weighted by Crippen LogP contribution is 2.34. The van der Waals surface area contributed by atoms with Gasteiger partial charge in [-0.05, 0) is 36.4 Å². The van der Waals surface area contributed by atoms with Crippen molar-refractivity contribution in [3.8, 4) is 5.75 Å². The first-order valence-corrected chi connectivity index (χ1v) is 11.5. The molecule has 1 amide bonds. The molecular formula is C21H18BrNO5S. The molecule has 2 aromatic carbocycles. The van der Waals surface area contributed by atoms with Crippen LogP contribution in [0.2, 0.25) is 0 Å². The van der Waals surface area contributed by atoms with Gasteiger partial charge in [0.25, 0.3) is 5.91 Å². The topological polar surface area (TPSA) is 85.6 Å². The molecule has 29 heavy (non-hydrogen) atoms. The minimum absolute atomic E-state index is 0.00699. The number of carbonyl (C=O) groups excluding carboxylic acids is 1. The molecule has 8 heteroatoms. The van der Waals surface area contributed by atoms with Crippen LogP contribution in [0.1, 0.15) is 34.1 Å². The Hall–Kier alpha value is -2.58. The Bertz CT molecular complexity index is 1140. The molecule has 0 fully saturated rings. The monoisotopic (exact) mass is 475 g/mol. The van der Waals surface area contributed by atoms with Gasteiger partial charge in [0.1, 0.15) is 5.75 Å². The first-order chi connectivity index (χ1) is 13.9. The van der Waals surface area contributed by atoms with Crippen LogP contribution in [-0.4, -0.2) is 20.9 Å². The highest BCUT2D eigenvalue weighted by atomic mass is 79.9. The van der Waals surface area contributed by atoms with Crippen LogP contribution < -0.4 is 10.1 Å². The Kier molecular flexibility index (Phi) is 5.47. The van der Waals surface area contributed by atoms with Crippen LogP contribution in [0, 0.1) is 0 Å². The Morgan fingerprint density at radius 1 is 1.14 bits per heavy atom. The van der Waals surface area contributed by atoms with Crippen LogP contribution in [0.15, 0.2) is 74.6 Å². The number of hydrogen-bond acceptors (Lipinski definition) is 5. The fourth-order valence-corrected chi connectivity index (χ4v) is 5.06. The normalized spacial score (nSPS) is 16.0. The van der Waals surface area contributed by atoms with Crippen molar-refractivity contribution in [2.24, 2.45) is 0 Å². The van der Waals surface area contributed by atoms with Gasteiger partial charge in [-0.3, -0.25) is 4.79 Å². The lowest BCUT2D eigenvalue weighted by Gasteiger charge is -2.26. The van der Waals surface area contributed by atoms with E-state index in [-0.39, 0.29) is 22.5 Å². The number of hydrogen-bond donors (Lipinski definition) is 1. The Labute approximate surface area is 176 Å². The highest BCUT2D eigenvalue weighted by Gasteiger charge is 2.27. The molecule has 1 aromatic heterocycles. The average molecular weight is 476 g/mol. The zero-order chi connectivity index (χ0) is 20.4. The van der Waals surface area contributed by atoms with Crippen LogP contribution in [0.3, 0.4) is 0 Å². The zero-order valence-electron chi connectivity index (χ0n) is 15.3. The second kappa shape index (κ2) is 8.04. The van der Waals surface area contributed by atoms with Crippen molar-refractivity contribution < 1.29 is 22.4 Å². The molecule has 0 bridgehead atoms. The fraction of sp³-hybridized carbons (Fsp3) is 0.190. The molecule has 1 aliphatic heterocycles. The summed E-state index contributed by atoms with van der Waals surface area (Å²) >= 11 is 3.44. The van der Waals surface area contributed by atoms with E-state index in [1.165, 1.54) is 24.5 Å². The molecule has 0 spiro atoms. The van der Waals surface area contributed by atoms with Gasteiger partial charge in [0, 0.05) is 22.0 Å². The third kappa shape index (κ3) is 4.23. The number of ether oxygens (including phenoxy) is 1. The number of rotatable bonds is 5. The Balaban J connectivity index is 1.55. The van der Waals surface area contributed by atoms with Gasteiger partial charge in [-0.25, -0.2) is 8.42 Å². The quantitative estimate of drug-likeness (QED) is 0.595. The van der Waals surface area contributed by atoms with E-state index in [0.29, 0.717) is 18.6 Å². The minimum atomic E-state index is -3.59. The van der Waals surface area contributed by atoms with Crippen LogP contribution >= 0.6 is 15.9 Å². The van der Waals surface area contributed by atoms with Gasteiger partial charge in [0.05, 0.1) is 29.6 Å². The summed E-state index contributed by atoms with van der Waals surface area (Å²) in [6.07, 6.45) is 1.94. The molecule has 0 saturated carbocycles. The SMILES string of the molecule is O=C(NC1CCOc2ccc(Br)cc21)c1occc1CS(=O)(=O)c1ccccc1. The number of furan rings is 1. The molecule has 3 aromatic rings. The number of sulfone groups is 1. The second-order valence-corrected chi connectivity index (χ2v) is 9.60. The first-order valence-electron chi connectivity index (χ1n) is 9.01. The van der Waals surface area contributed by atoms with Gasteiger partial charge in [0.15, 0.2) is 15.6 Å². The lowest BCUT2D eigenvalue weighted by molar-refractivity contribution is 0.0895. The third-order valence-corrected chi connectivity index (χ3v) is 6.89. The molecule has 4 rings (SSSR count). The number of nitrogens with one attached hydrogen (secondary N) is 1. The second-order valence-electron chi connectivity index (χ2n) is 6.69. The molecule has 2 heterocycles. The molecule has 1 unspecified atom stereocenters. The lowest BCUT2D eigenvalue weighted by atomic mass is 10.0. The Morgan fingerprint density at radius 2 is 1.93 bits per heavy atom. The molecule has 1 atom stereocenters. The highest BCUT2D eigenvalue weighted by molar-refractivity contribution is 9.10. The van der Waals surface area contributed by atoms with E-state index in [2.05, 4.69) is 21.2 Å². The van der Waals surface area contributed by atoms with Gasteiger partial charge in [-0.1, -0.05) is 34.1 Å². The zero-order valence-corrected chi connectivity index (χ0v) is 17.7. The largest absolute Gasteiger partial charge is 0.493 e. The predicted molar refractivity (Wildman–Crippen MR) is 111 cm³/mol. The molecule has 6 nitrogen and oxygen atoms in total. The first kappa shape index (κ1) is 19.7. The number of fused-ring (bicyclic) bond motifs is 1. The van der Waals surface area contributed by atoms with E-state index in [0.717, 1.165) is 15.8 Å². The summed E-state index contributed by atoms with van der Waals surface area (Å²) in [5, 5.41) is 2.94. The van der Waals surface area contributed by atoms with Crippen molar-refractivity contribution in [3.05, 3.63) is 82.2 Å². The third-order valence-electron chi connectivity index (χ3n) is 4.72. The van der Waals surface area contributed by atoms with E-state index < -0.39 is 15.7 Å². The van der Waals surface area contributed by atoms with E-state index in [4.69, 9.17) is 9.15 Å². The molecule has 1 N–H and O–H groups in total. The predicted octanol–water partition coefficient (Wildman–Crippen LogP) is 4.27. The van der Waals surface area contributed by atoms with E-state index in [9.17, 15) is 13.2 Å². The molecule has 0 saturated heterocycles. The summed E-state index contributed by atoms with van der Waals surface area (Å²) in [7, 11) is -3.59. The van der Waals surface area contributed by atoms with Gasteiger partial charge in [-0.2, -0.15) is 0 Å². The van der Waals surface area contributed by atoms with Gasteiger partial charge in [-0.15, -0.1) is 0 Å². The summed E-state index contributed by atoms with van der Waals surface area (Å²) in [6.45, 7) is 0.479. The number of benzene rings is 2. The molecule has 0 aliphatic carbocycles. The maximum atomic E-state index is 12.9. The molecular weight excluding hydrogens is 458 g/mol. The maximum Gasteiger partial charge on any atom is 0.287 e. The van der Waals surface area contributed by atoms with Gasteiger partial charge < -0.3 is 14.5 Å². The van der Waals surface area contributed by atoms with Crippen molar-refractivity contribution in [2.45, 2.75) is 23.1 Å². The minimum Gasteiger partial charge on any atom is -0.493 e. The number of carbonyl (C=O) groups is 1. The van der Waals surface area contributed by atoms with Crippen LogP contribution in [0.5, 0.6) is 5.75 Å². The Morgan fingerprint density at radius 3 is 2.72 bits per heavy atom. The van der Waals surface area contributed by atoms with Crippen molar-refractivity contribution in [3.63, 3.8) is 0 Å². The lowest BCUT2D eigenvalue weighted by Crippen LogP contribution is -2.32. The molecule has 0 radical (unpaired) electrons. The van der Waals surface area contributed by atoms with Crippen LogP contribution in [0.25, 0.3) is 0 Å². The van der Waals surface area contributed by atoms with Gasteiger partial charge in [0.2, 0.25) is 0 Å². The van der Waals surface area contributed by atoms with Crippen molar-refractivity contribution in [2.75, 3.05) is 6.61 Å². The fourth-order valence-electron chi connectivity index (χ4n) is 3.30. The van der Waals surface area contributed by atoms with Crippen molar-refractivity contribution >= 4 is 31.7 Å². The summed E-state index contributed by atoms with van der Waals surface area (Å²) in [5.74, 6) is -0.0404. The molecule has 150 valence electrons. The number of amides is 1. The van der Waals surface area contributed by atoms with Crippen molar-refractivity contribution in [1.82, 2.24) is 5.32 Å². The van der Waals surface area contributed by atoms with Crippen LogP contribution in [-0.2, 0) is 15.6 Å². The summed E-state index contributed by atoms with van der Waals surface area (Å²) in [6, 6.07) is 15.0. The summed E-state index contributed by atoms with van der Waals surface area (Å²) in [5.41, 5.74) is 1.19. The van der Waals surface area contributed by atoms with Crippen molar-refractivity contribution in [1.29, 1.82) is 0 Å². The summed E-state index contributed by atoms with van der Waals surface area (Å²) < 4.78 is 37.2. The van der Waals surface area contributed by atoms with E-state index in [1.807, 2.05) is 18.2 Å². The van der Waals surface area contributed by atoms with E-state index in [1.54, 1.807) is 18.2 Å². The average Bonchev–Trinajstić information content (AvgIpc) is 3.16. The summed E-state index contributed by atoms with van der Waals surface area (Å²) in [4.78, 5) is 13.1.